The Morgan fingerprint density at radius 3 is 2.65 bits per heavy atom. The van der Waals surface area contributed by atoms with Crippen LogP contribution in [0, 0.1) is 19.7 Å². The number of hydrogen-bond acceptors (Lipinski definition) is 3. The van der Waals surface area contributed by atoms with Gasteiger partial charge in [-0.3, -0.25) is 16.0 Å². The van der Waals surface area contributed by atoms with Gasteiger partial charge in [0.1, 0.15) is 11.0 Å². The molecule has 3 N–H and O–H groups in total. The van der Waals surface area contributed by atoms with E-state index in [1.54, 1.807) is 30.8 Å². The number of aryl methyl sites for hydroxylation is 3. The summed E-state index contributed by atoms with van der Waals surface area (Å²) in [4.78, 5) is 0. The Bertz CT molecular complexity index is 624. The number of nitrogens with zero attached hydrogens (tertiary/aromatic N) is 2. The van der Waals surface area contributed by atoms with Crippen molar-refractivity contribution in [1.82, 2.24) is 15.2 Å². The molecule has 4 nitrogen and oxygen atoms in total. The second-order valence-electron chi connectivity index (χ2n) is 4.91. The Morgan fingerprint density at radius 2 is 2.15 bits per heavy atom. The number of nitrogens with one attached hydrogen (secondary N) is 1. The van der Waals surface area contributed by atoms with Gasteiger partial charge in [0.15, 0.2) is 0 Å². The fourth-order valence-electron chi connectivity index (χ4n) is 2.27. The molecule has 2 rings (SSSR count). The predicted molar refractivity (Wildman–Crippen MR) is 77.9 cm³/mol. The molecule has 0 radical (unpaired) electrons. The lowest BCUT2D eigenvalue weighted by atomic mass is 9.98. The van der Waals surface area contributed by atoms with Crippen molar-refractivity contribution in [3.8, 4) is 0 Å². The van der Waals surface area contributed by atoms with E-state index < -0.39 is 0 Å². The lowest BCUT2D eigenvalue weighted by molar-refractivity contribution is 0.547. The van der Waals surface area contributed by atoms with Gasteiger partial charge in [-0.05, 0) is 37.5 Å². The van der Waals surface area contributed by atoms with E-state index in [0.29, 0.717) is 17.1 Å². The molecule has 6 heteroatoms. The lowest BCUT2D eigenvalue weighted by Crippen LogP contribution is -2.29. The van der Waals surface area contributed by atoms with Crippen LogP contribution >= 0.6 is 11.6 Å². The third-order valence-corrected chi connectivity index (χ3v) is 3.94. The van der Waals surface area contributed by atoms with Crippen molar-refractivity contribution in [2.45, 2.75) is 26.3 Å². The Hall–Kier alpha value is -1.43. The quantitative estimate of drug-likeness (QED) is 0.673. The van der Waals surface area contributed by atoms with Crippen molar-refractivity contribution >= 4 is 11.6 Å². The van der Waals surface area contributed by atoms with Crippen LogP contribution in [0.2, 0.25) is 5.15 Å². The third-order valence-electron chi connectivity index (χ3n) is 3.46. The molecule has 0 bridgehead atoms. The van der Waals surface area contributed by atoms with Gasteiger partial charge in [0.05, 0.1) is 11.7 Å². The van der Waals surface area contributed by atoms with E-state index in [9.17, 15) is 4.39 Å². The van der Waals surface area contributed by atoms with Crippen LogP contribution in [0.4, 0.5) is 4.39 Å². The average molecular weight is 297 g/mol. The Balaban J connectivity index is 2.31. The highest BCUT2D eigenvalue weighted by Crippen LogP contribution is 2.26. The molecule has 20 heavy (non-hydrogen) atoms. The van der Waals surface area contributed by atoms with Crippen molar-refractivity contribution in [1.29, 1.82) is 0 Å². The number of halogens is 2. The minimum atomic E-state index is -0.222. The molecule has 108 valence electrons. The first-order chi connectivity index (χ1) is 9.43. The van der Waals surface area contributed by atoms with Crippen LogP contribution in [0.3, 0.4) is 0 Å². The highest BCUT2D eigenvalue weighted by atomic mass is 35.5. The van der Waals surface area contributed by atoms with Gasteiger partial charge in [-0.2, -0.15) is 5.10 Å². The van der Waals surface area contributed by atoms with Gasteiger partial charge in [-0.15, -0.1) is 0 Å². The standard InChI is InChI=1S/C14H18ClFN4/c1-8-6-10(4-5-12(8)16)13(18-17)7-11-9(2)19-20(3)14(11)15/h4-6,13,18H,7,17H2,1-3H3. The molecular formula is C14H18ClFN4. The molecule has 1 aromatic heterocycles. The second-order valence-corrected chi connectivity index (χ2v) is 5.27. The van der Waals surface area contributed by atoms with Crippen LogP contribution in [-0.2, 0) is 13.5 Å². The predicted octanol–water partition coefficient (Wildman–Crippen LogP) is 2.58. The van der Waals surface area contributed by atoms with Gasteiger partial charge in [-0.25, -0.2) is 4.39 Å². The summed E-state index contributed by atoms with van der Waals surface area (Å²) < 4.78 is 15.0. The summed E-state index contributed by atoms with van der Waals surface area (Å²) in [5, 5.41) is 4.88. The molecule has 0 aliphatic carbocycles. The molecule has 2 aromatic rings. The molecule has 0 aliphatic heterocycles. The molecule has 1 aromatic carbocycles. The molecule has 0 spiro atoms. The summed E-state index contributed by atoms with van der Waals surface area (Å²) in [7, 11) is 1.80. The number of nitrogens with two attached hydrogens (primary N) is 1. The SMILES string of the molecule is Cc1cc(C(Cc2c(C)nn(C)c2Cl)NN)ccc1F. The first-order valence-electron chi connectivity index (χ1n) is 6.34. The number of hydrogen-bond donors (Lipinski definition) is 2. The Kier molecular flexibility index (Phi) is 4.42. The molecule has 0 aliphatic rings. The Labute approximate surface area is 122 Å². The first kappa shape index (κ1) is 15.0. The average Bonchev–Trinajstić information content (AvgIpc) is 2.65. The Morgan fingerprint density at radius 1 is 1.45 bits per heavy atom. The fourth-order valence-corrected chi connectivity index (χ4v) is 2.52. The number of rotatable bonds is 4. The zero-order valence-electron chi connectivity index (χ0n) is 11.7. The number of hydrazine groups is 1. The summed E-state index contributed by atoms with van der Waals surface area (Å²) in [5.74, 6) is 5.41. The summed E-state index contributed by atoms with van der Waals surface area (Å²) in [6, 6.07) is 4.83. The molecule has 1 unspecified atom stereocenters. The zero-order valence-corrected chi connectivity index (χ0v) is 12.5. The van der Waals surface area contributed by atoms with E-state index in [1.165, 1.54) is 6.07 Å². The maximum atomic E-state index is 13.3. The van der Waals surface area contributed by atoms with Crippen molar-refractivity contribution in [3.05, 3.63) is 51.6 Å². The van der Waals surface area contributed by atoms with Gasteiger partial charge in [0.25, 0.3) is 0 Å². The molecule has 0 saturated carbocycles. The van der Waals surface area contributed by atoms with Crippen molar-refractivity contribution in [3.63, 3.8) is 0 Å². The van der Waals surface area contributed by atoms with E-state index >= 15 is 0 Å². The molecule has 0 fully saturated rings. The van der Waals surface area contributed by atoms with Crippen molar-refractivity contribution in [2.24, 2.45) is 12.9 Å². The molecular weight excluding hydrogens is 279 g/mol. The highest BCUT2D eigenvalue weighted by Gasteiger charge is 2.18. The van der Waals surface area contributed by atoms with Crippen LogP contribution in [0.1, 0.15) is 28.4 Å². The van der Waals surface area contributed by atoms with Gasteiger partial charge in [-0.1, -0.05) is 23.7 Å². The van der Waals surface area contributed by atoms with E-state index in [2.05, 4.69) is 10.5 Å². The van der Waals surface area contributed by atoms with Crippen LogP contribution < -0.4 is 11.3 Å². The van der Waals surface area contributed by atoms with E-state index in [1.807, 2.05) is 6.92 Å². The number of aromatic nitrogens is 2. The summed E-state index contributed by atoms with van der Waals surface area (Å²) >= 11 is 6.23. The molecule has 0 saturated heterocycles. The monoisotopic (exact) mass is 296 g/mol. The first-order valence-corrected chi connectivity index (χ1v) is 6.72. The van der Waals surface area contributed by atoms with Crippen molar-refractivity contribution in [2.75, 3.05) is 0 Å². The van der Waals surface area contributed by atoms with Crippen LogP contribution in [0.15, 0.2) is 18.2 Å². The maximum absolute atomic E-state index is 13.3. The summed E-state index contributed by atoms with van der Waals surface area (Å²) in [5.41, 5.74) is 6.09. The zero-order chi connectivity index (χ0) is 14.9. The summed E-state index contributed by atoms with van der Waals surface area (Å²) in [6.45, 7) is 3.64. The van der Waals surface area contributed by atoms with E-state index in [-0.39, 0.29) is 11.9 Å². The van der Waals surface area contributed by atoms with E-state index in [0.717, 1.165) is 16.8 Å². The maximum Gasteiger partial charge on any atom is 0.130 e. The highest BCUT2D eigenvalue weighted by molar-refractivity contribution is 6.30. The van der Waals surface area contributed by atoms with Gasteiger partial charge >= 0.3 is 0 Å². The lowest BCUT2D eigenvalue weighted by Gasteiger charge is -2.17. The van der Waals surface area contributed by atoms with E-state index in [4.69, 9.17) is 17.4 Å². The minimum absolute atomic E-state index is 0.144. The number of benzene rings is 1. The van der Waals surface area contributed by atoms with Gasteiger partial charge in [0, 0.05) is 12.6 Å². The largest absolute Gasteiger partial charge is 0.271 e. The smallest absolute Gasteiger partial charge is 0.130 e. The van der Waals surface area contributed by atoms with Crippen molar-refractivity contribution < 1.29 is 4.39 Å². The van der Waals surface area contributed by atoms with Crippen LogP contribution in [-0.4, -0.2) is 9.78 Å². The molecule has 0 amide bonds. The molecule has 1 heterocycles. The van der Waals surface area contributed by atoms with Gasteiger partial charge in [0.2, 0.25) is 0 Å². The summed E-state index contributed by atoms with van der Waals surface area (Å²) in [6.07, 6.45) is 0.597. The van der Waals surface area contributed by atoms with Crippen LogP contribution in [0.5, 0.6) is 0 Å². The normalized spacial score (nSPS) is 12.7. The van der Waals surface area contributed by atoms with Gasteiger partial charge < -0.3 is 0 Å². The minimum Gasteiger partial charge on any atom is -0.271 e. The second kappa shape index (κ2) is 5.91. The molecule has 1 atom stereocenters. The fraction of sp³-hybridized carbons (Fsp3) is 0.357. The van der Waals surface area contributed by atoms with Crippen LogP contribution in [0.25, 0.3) is 0 Å². The topological polar surface area (TPSA) is 55.9 Å². The third kappa shape index (κ3) is 2.85.